The molecular weight excluding hydrogens is 244 g/mol. The van der Waals surface area contributed by atoms with Gasteiger partial charge in [-0.2, -0.15) is 0 Å². The van der Waals surface area contributed by atoms with Crippen molar-refractivity contribution in [1.29, 1.82) is 0 Å². The van der Waals surface area contributed by atoms with Gasteiger partial charge in [-0.25, -0.2) is 13.4 Å². The van der Waals surface area contributed by atoms with Gasteiger partial charge in [-0.05, 0) is 6.42 Å². The summed E-state index contributed by atoms with van der Waals surface area (Å²) in [6.45, 7) is 2.06. The highest BCUT2D eigenvalue weighted by Crippen LogP contribution is 2.01. The van der Waals surface area contributed by atoms with E-state index in [1.54, 1.807) is 10.8 Å². The van der Waals surface area contributed by atoms with E-state index in [0.717, 1.165) is 0 Å². The van der Waals surface area contributed by atoms with Crippen molar-refractivity contribution >= 4 is 15.7 Å². The number of nitrogens with two attached hydrogens (primary N) is 1. The second-order valence-corrected chi connectivity index (χ2v) is 5.88. The summed E-state index contributed by atoms with van der Waals surface area (Å²) < 4.78 is 24.6. The second-order valence-electron chi connectivity index (χ2n) is 3.58. The lowest BCUT2D eigenvalue weighted by molar-refractivity contribution is 0.318. The highest BCUT2D eigenvalue weighted by atomic mass is 32.2. The van der Waals surface area contributed by atoms with Gasteiger partial charge in [-0.3, -0.25) is 0 Å². The van der Waals surface area contributed by atoms with Crippen LogP contribution in [-0.4, -0.2) is 40.5 Å². The third-order valence-corrected chi connectivity index (χ3v) is 4.05. The lowest BCUT2D eigenvalue weighted by Crippen LogP contribution is -2.22. The Morgan fingerprint density at radius 1 is 1.59 bits per heavy atom. The standard InChI is InChI=1S/C9H16N4O3S/c1-2-6-17(15,16)7-5-13-4-3-11-9(13)8(10)12-14/h3-4,14H,2,5-7H2,1H3,(H2,10,12). The molecule has 0 amide bonds. The van der Waals surface area contributed by atoms with Crippen LogP contribution in [0.1, 0.15) is 19.2 Å². The highest BCUT2D eigenvalue weighted by Gasteiger charge is 2.12. The normalized spacial score (nSPS) is 12.9. The monoisotopic (exact) mass is 260 g/mol. The minimum atomic E-state index is -3.05. The predicted molar refractivity (Wildman–Crippen MR) is 63.7 cm³/mol. The molecule has 0 atom stereocenters. The summed E-state index contributed by atoms with van der Waals surface area (Å²) in [7, 11) is -3.05. The van der Waals surface area contributed by atoms with E-state index in [1.165, 1.54) is 6.20 Å². The molecule has 0 saturated heterocycles. The second kappa shape index (κ2) is 5.67. The molecule has 0 fully saturated rings. The van der Waals surface area contributed by atoms with Gasteiger partial charge in [0.05, 0.1) is 5.75 Å². The summed E-state index contributed by atoms with van der Waals surface area (Å²) in [6, 6.07) is 0. The van der Waals surface area contributed by atoms with E-state index in [9.17, 15) is 8.42 Å². The van der Waals surface area contributed by atoms with Gasteiger partial charge >= 0.3 is 0 Å². The maximum Gasteiger partial charge on any atom is 0.206 e. The molecule has 0 aliphatic rings. The number of sulfone groups is 1. The Balaban J connectivity index is 2.74. The molecular formula is C9H16N4O3S. The van der Waals surface area contributed by atoms with Crippen LogP contribution in [0.25, 0.3) is 0 Å². The fourth-order valence-corrected chi connectivity index (χ4v) is 2.72. The highest BCUT2D eigenvalue weighted by molar-refractivity contribution is 7.91. The molecule has 0 aliphatic heterocycles. The van der Waals surface area contributed by atoms with Crippen molar-refractivity contribution in [2.45, 2.75) is 19.9 Å². The first-order valence-electron chi connectivity index (χ1n) is 5.19. The van der Waals surface area contributed by atoms with Crippen molar-refractivity contribution in [1.82, 2.24) is 9.55 Å². The third-order valence-electron chi connectivity index (χ3n) is 2.21. The van der Waals surface area contributed by atoms with Crippen LogP contribution in [0.5, 0.6) is 0 Å². The minimum absolute atomic E-state index is 0.0168. The minimum Gasteiger partial charge on any atom is -0.409 e. The topological polar surface area (TPSA) is 111 Å². The summed E-state index contributed by atoms with van der Waals surface area (Å²) in [5.41, 5.74) is 5.40. The number of nitrogens with zero attached hydrogens (tertiary/aromatic N) is 3. The van der Waals surface area contributed by atoms with Crippen molar-refractivity contribution in [3.05, 3.63) is 18.2 Å². The van der Waals surface area contributed by atoms with Crippen LogP contribution in [-0.2, 0) is 16.4 Å². The van der Waals surface area contributed by atoms with Crippen LogP contribution >= 0.6 is 0 Å². The summed E-state index contributed by atoms with van der Waals surface area (Å²) >= 11 is 0. The number of imidazole rings is 1. The van der Waals surface area contributed by atoms with E-state index in [0.29, 0.717) is 6.42 Å². The Morgan fingerprint density at radius 3 is 2.88 bits per heavy atom. The van der Waals surface area contributed by atoms with Gasteiger partial charge in [0, 0.05) is 24.7 Å². The zero-order valence-electron chi connectivity index (χ0n) is 9.57. The number of aryl methyl sites for hydroxylation is 1. The number of hydrogen-bond donors (Lipinski definition) is 2. The lowest BCUT2D eigenvalue weighted by Gasteiger charge is -2.06. The molecule has 0 saturated carbocycles. The van der Waals surface area contributed by atoms with Gasteiger partial charge in [0.25, 0.3) is 0 Å². The van der Waals surface area contributed by atoms with Crippen molar-refractivity contribution in [2.24, 2.45) is 10.9 Å². The molecule has 0 aliphatic carbocycles. The number of amidine groups is 1. The first kappa shape index (κ1) is 13.5. The average Bonchev–Trinajstić information content (AvgIpc) is 2.73. The predicted octanol–water partition coefficient (Wildman–Crippen LogP) is -0.198. The summed E-state index contributed by atoms with van der Waals surface area (Å²) in [5, 5.41) is 11.4. The fourth-order valence-electron chi connectivity index (χ4n) is 1.42. The summed E-state index contributed by atoms with van der Waals surface area (Å²) in [6.07, 6.45) is 3.66. The van der Waals surface area contributed by atoms with Crippen LogP contribution in [0, 0.1) is 0 Å². The maximum absolute atomic E-state index is 11.5. The number of oxime groups is 1. The molecule has 1 heterocycles. The first-order valence-corrected chi connectivity index (χ1v) is 7.01. The Hall–Kier alpha value is -1.57. The third kappa shape index (κ3) is 3.74. The zero-order chi connectivity index (χ0) is 12.9. The smallest absolute Gasteiger partial charge is 0.206 e. The largest absolute Gasteiger partial charge is 0.409 e. The average molecular weight is 260 g/mol. The van der Waals surface area contributed by atoms with Gasteiger partial charge in [-0.15, -0.1) is 0 Å². The molecule has 3 N–H and O–H groups in total. The van der Waals surface area contributed by atoms with E-state index in [2.05, 4.69) is 10.1 Å². The SMILES string of the molecule is CCCS(=O)(=O)CCn1ccnc1/C(N)=N/O. The molecule has 0 bridgehead atoms. The quantitative estimate of drug-likeness (QED) is 0.318. The van der Waals surface area contributed by atoms with E-state index in [4.69, 9.17) is 10.9 Å². The Morgan fingerprint density at radius 2 is 2.29 bits per heavy atom. The van der Waals surface area contributed by atoms with E-state index in [1.807, 2.05) is 6.92 Å². The van der Waals surface area contributed by atoms with Crippen molar-refractivity contribution in [2.75, 3.05) is 11.5 Å². The van der Waals surface area contributed by atoms with Crippen LogP contribution < -0.4 is 5.73 Å². The lowest BCUT2D eigenvalue weighted by atomic mass is 10.5. The Kier molecular flexibility index (Phi) is 4.50. The van der Waals surface area contributed by atoms with Crippen LogP contribution in [0.2, 0.25) is 0 Å². The molecule has 0 radical (unpaired) electrons. The van der Waals surface area contributed by atoms with Gasteiger partial charge in [0.15, 0.2) is 15.7 Å². The molecule has 0 unspecified atom stereocenters. The molecule has 1 rings (SSSR count). The van der Waals surface area contributed by atoms with Crippen molar-refractivity contribution in [3.8, 4) is 0 Å². The summed E-state index contributed by atoms with van der Waals surface area (Å²) in [4.78, 5) is 3.89. The molecule has 17 heavy (non-hydrogen) atoms. The Bertz CT molecular complexity index is 492. The first-order chi connectivity index (χ1) is 8.00. The summed E-state index contributed by atoms with van der Waals surface area (Å²) in [5.74, 6) is 0.311. The van der Waals surface area contributed by atoms with Gasteiger partial charge in [0.2, 0.25) is 5.84 Å². The van der Waals surface area contributed by atoms with Gasteiger partial charge in [-0.1, -0.05) is 12.1 Å². The van der Waals surface area contributed by atoms with Gasteiger partial charge in [0.1, 0.15) is 0 Å². The van der Waals surface area contributed by atoms with Crippen molar-refractivity contribution in [3.63, 3.8) is 0 Å². The molecule has 1 aromatic rings. The molecule has 96 valence electrons. The van der Waals surface area contributed by atoms with E-state index >= 15 is 0 Å². The van der Waals surface area contributed by atoms with Gasteiger partial charge < -0.3 is 15.5 Å². The fraction of sp³-hybridized carbons (Fsp3) is 0.556. The number of hydrogen-bond acceptors (Lipinski definition) is 5. The molecule has 0 aromatic carbocycles. The van der Waals surface area contributed by atoms with Crippen LogP contribution in [0.4, 0.5) is 0 Å². The molecule has 0 spiro atoms. The van der Waals surface area contributed by atoms with Crippen LogP contribution in [0.3, 0.4) is 0 Å². The van der Waals surface area contributed by atoms with E-state index in [-0.39, 0.29) is 29.7 Å². The maximum atomic E-state index is 11.5. The van der Waals surface area contributed by atoms with E-state index < -0.39 is 9.84 Å². The zero-order valence-corrected chi connectivity index (χ0v) is 10.4. The Labute approximate surface area is 99.9 Å². The molecule has 7 nitrogen and oxygen atoms in total. The molecule has 8 heteroatoms. The molecule has 1 aromatic heterocycles. The van der Waals surface area contributed by atoms with Crippen molar-refractivity contribution < 1.29 is 13.6 Å². The number of aromatic nitrogens is 2. The number of rotatable bonds is 6. The van der Waals surface area contributed by atoms with Crippen LogP contribution in [0.15, 0.2) is 17.5 Å².